The number of halogens is 1. The van der Waals surface area contributed by atoms with Crippen LogP contribution in [-0.4, -0.2) is 12.6 Å². The van der Waals surface area contributed by atoms with Gasteiger partial charge in [-0.05, 0) is 41.4 Å². The molecule has 0 amide bonds. The zero-order chi connectivity index (χ0) is 10.7. The van der Waals surface area contributed by atoms with Crippen LogP contribution in [-0.2, 0) is 0 Å². The highest BCUT2D eigenvalue weighted by Gasteiger charge is 2.29. The third-order valence-corrected chi connectivity index (χ3v) is 3.87. The van der Waals surface area contributed by atoms with E-state index >= 15 is 0 Å². The molecule has 1 aromatic rings. The van der Waals surface area contributed by atoms with Crippen LogP contribution in [0.3, 0.4) is 0 Å². The maximum atomic E-state index is 5.59. The second-order valence-corrected chi connectivity index (χ2v) is 5.04. The minimum absolute atomic E-state index is 0.545. The quantitative estimate of drug-likeness (QED) is 0.908. The Hall–Kier alpha value is -0.280. The number of nitrogens with one attached hydrogen (secondary N) is 1. The first-order valence-corrected chi connectivity index (χ1v) is 6.58. The van der Waals surface area contributed by atoms with Gasteiger partial charge in [0.05, 0.1) is 10.7 Å². The lowest BCUT2D eigenvalue weighted by atomic mass is 9.83. The summed E-state index contributed by atoms with van der Waals surface area (Å²) in [6.45, 7) is 3.21. The molecule has 0 spiro atoms. The Morgan fingerprint density at radius 3 is 2.93 bits per heavy atom. The van der Waals surface area contributed by atoms with Crippen molar-refractivity contribution in [1.29, 1.82) is 0 Å². The zero-order valence-corrected chi connectivity index (χ0v) is 10.7. The summed E-state index contributed by atoms with van der Waals surface area (Å²) in [6.07, 6.45) is 6.94. The topological polar surface area (TPSA) is 25.2 Å². The van der Waals surface area contributed by atoms with Gasteiger partial charge in [0.25, 0.3) is 0 Å². The van der Waals surface area contributed by atoms with Crippen LogP contribution < -0.4 is 5.32 Å². The molecule has 1 aromatic heterocycles. The lowest BCUT2D eigenvalue weighted by Gasteiger charge is -2.31. The Morgan fingerprint density at radius 2 is 2.27 bits per heavy atom. The summed E-state index contributed by atoms with van der Waals surface area (Å²) < 4.78 is 6.72. The summed E-state index contributed by atoms with van der Waals surface area (Å²) in [4.78, 5) is 0. The van der Waals surface area contributed by atoms with Crippen molar-refractivity contribution in [2.75, 3.05) is 6.54 Å². The molecule has 3 heteroatoms. The molecule has 1 aliphatic carbocycles. The molecule has 1 N–H and O–H groups in total. The summed E-state index contributed by atoms with van der Waals surface area (Å²) in [5, 5.41) is 3.57. The van der Waals surface area contributed by atoms with E-state index in [1.54, 1.807) is 6.26 Å². The molecule has 1 aliphatic rings. The monoisotopic (exact) mass is 271 g/mol. The molecule has 15 heavy (non-hydrogen) atoms. The Labute approximate surface area is 99.6 Å². The van der Waals surface area contributed by atoms with Gasteiger partial charge in [0, 0.05) is 12.0 Å². The van der Waals surface area contributed by atoms with E-state index in [4.69, 9.17) is 4.42 Å². The van der Waals surface area contributed by atoms with Crippen LogP contribution in [0.2, 0.25) is 0 Å². The molecule has 84 valence electrons. The first kappa shape index (κ1) is 11.2. The second-order valence-electron chi connectivity index (χ2n) is 4.19. The SMILES string of the molecule is CCNC1CCCCC1c1occc1Br. The highest BCUT2D eigenvalue weighted by Crippen LogP contribution is 2.37. The summed E-state index contributed by atoms with van der Waals surface area (Å²) in [5.41, 5.74) is 0. The molecule has 2 atom stereocenters. The Bertz CT molecular complexity index is 308. The predicted octanol–water partition coefficient (Wildman–Crippen LogP) is 3.68. The van der Waals surface area contributed by atoms with Gasteiger partial charge in [0.1, 0.15) is 5.76 Å². The summed E-state index contributed by atoms with van der Waals surface area (Å²) in [6, 6.07) is 2.58. The van der Waals surface area contributed by atoms with Crippen molar-refractivity contribution < 1.29 is 4.42 Å². The first-order valence-electron chi connectivity index (χ1n) is 5.79. The van der Waals surface area contributed by atoms with Gasteiger partial charge >= 0.3 is 0 Å². The van der Waals surface area contributed by atoms with Crippen LogP contribution in [0.1, 0.15) is 44.3 Å². The lowest BCUT2D eigenvalue weighted by Crippen LogP contribution is -2.37. The zero-order valence-electron chi connectivity index (χ0n) is 9.13. The normalized spacial score (nSPS) is 26.8. The maximum Gasteiger partial charge on any atom is 0.122 e. The lowest BCUT2D eigenvalue weighted by molar-refractivity contribution is 0.295. The Morgan fingerprint density at radius 1 is 1.47 bits per heavy atom. The number of furan rings is 1. The van der Waals surface area contributed by atoms with Crippen LogP contribution in [0, 0.1) is 0 Å². The minimum atomic E-state index is 0.545. The molecular formula is C12H18BrNO. The van der Waals surface area contributed by atoms with Crippen molar-refractivity contribution in [3.8, 4) is 0 Å². The van der Waals surface area contributed by atoms with E-state index in [2.05, 4.69) is 28.2 Å². The van der Waals surface area contributed by atoms with Crippen molar-refractivity contribution in [2.24, 2.45) is 0 Å². The van der Waals surface area contributed by atoms with Gasteiger partial charge in [-0.1, -0.05) is 19.8 Å². The van der Waals surface area contributed by atoms with Crippen molar-refractivity contribution >= 4 is 15.9 Å². The van der Waals surface area contributed by atoms with Crippen LogP contribution >= 0.6 is 15.9 Å². The molecule has 2 rings (SSSR count). The largest absolute Gasteiger partial charge is 0.468 e. The van der Waals surface area contributed by atoms with E-state index in [0.717, 1.165) is 16.8 Å². The van der Waals surface area contributed by atoms with Gasteiger partial charge in [0.2, 0.25) is 0 Å². The van der Waals surface area contributed by atoms with Crippen LogP contribution in [0.5, 0.6) is 0 Å². The van der Waals surface area contributed by atoms with E-state index < -0.39 is 0 Å². The molecular weight excluding hydrogens is 254 g/mol. The van der Waals surface area contributed by atoms with Gasteiger partial charge in [-0.25, -0.2) is 0 Å². The van der Waals surface area contributed by atoms with E-state index in [1.165, 1.54) is 25.7 Å². The average Bonchev–Trinajstić information content (AvgIpc) is 2.66. The van der Waals surface area contributed by atoms with Gasteiger partial charge < -0.3 is 9.73 Å². The highest BCUT2D eigenvalue weighted by molar-refractivity contribution is 9.10. The molecule has 1 saturated carbocycles. The van der Waals surface area contributed by atoms with Gasteiger partial charge in [-0.3, -0.25) is 0 Å². The fourth-order valence-electron chi connectivity index (χ4n) is 2.52. The number of likely N-dealkylation sites (N-methyl/N-ethyl adjacent to an activating group) is 1. The third-order valence-electron chi connectivity index (χ3n) is 3.21. The van der Waals surface area contributed by atoms with E-state index in [1.807, 2.05) is 6.07 Å². The fraction of sp³-hybridized carbons (Fsp3) is 0.667. The van der Waals surface area contributed by atoms with Gasteiger partial charge in [0.15, 0.2) is 0 Å². The summed E-state index contributed by atoms with van der Waals surface area (Å²) >= 11 is 3.56. The standard InChI is InChI=1S/C12H18BrNO/c1-2-14-11-6-4-3-5-9(11)12-10(13)7-8-15-12/h7-9,11,14H,2-6H2,1H3. The predicted molar refractivity (Wildman–Crippen MR) is 65.1 cm³/mol. The first-order chi connectivity index (χ1) is 7.33. The van der Waals surface area contributed by atoms with Crippen molar-refractivity contribution in [2.45, 2.75) is 44.6 Å². The smallest absolute Gasteiger partial charge is 0.122 e. The van der Waals surface area contributed by atoms with Crippen molar-refractivity contribution in [3.63, 3.8) is 0 Å². The van der Waals surface area contributed by atoms with Crippen molar-refractivity contribution in [1.82, 2.24) is 5.32 Å². The molecule has 0 radical (unpaired) electrons. The maximum absolute atomic E-state index is 5.59. The molecule has 1 heterocycles. The molecule has 1 fully saturated rings. The molecule has 2 nitrogen and oxygen atoms in total. The van der Waals surface area contributed by atoms with Gasteiger partial charge in [-0.2, -0.15) is 0 Å². The average molecular weight is 272 g/mol. The van der Waals surface area contributed by atoms with E-state index in [9.17, 15) is 0 Å². The van der Waals surface area contributed by atoms with E-state index in [0.29, 0.717) is 12.0 Å². The Kier molecular flexibility index (Phi) is 3.87. The highest BCUT2D eigenvalue weighted by atomic mass is 79.9. The minimum Gasteiger partial charge on any atom is -0.468 e. The summed E-state index contributed by atoms with van der Waals surface area (Å²) in [5.74, 6) is 1.67. The molecule has 2 unspecified atom stereocenters. The van der Waals surface area contributed by atoms with Crippen LogP contribution in [0.25, 0.3) is 0 Å². The second kappa shape index (κ2) is 5.17. The Balaban J connectivity index is 2.14. The van der Waals surface area contributed by atoms with Crippen molar-refractivity contribution in [3.05, 3.63) is 22.6 Å². The number of hydrogen-bond donors (Lipinski definition) is 1. The van der Waals surface area contributed by atoms with Crippen LogP contribution in [0.4, 0.5) is 0 Å². The molecule has 0 bridgehead atoms. The van der Waals surface area contributed by atoms with Crippen LogP contribution in [0.15, 0.2) is 21.2 Å². The number of hydrogen-bond acceptors (Lipinski definition) is 2. The third kappa shape index (κ3) is 2.45. The molecule has 0 saturated heterocycles. The molecule has 0 aliphatic heterocycles. The molecule has 0 aromatic carbocycles. The summed E-state index contributed by atoms with van der Waals surface area (Å²) in [7, 11) is 0. The van der Waals surface area contributed by atoms with E-state index in [-0.39, 0.29) is 0 Å². The van der Waals surface area contributed by atoms with Gasteiger partial charge in [-0.15, -0.1) is 0 Å². The fourth-order valence-corrected chi connectivity index (χ4v) is 3.02. The number of rotatable bonds is 3.